The van der Waals surface area contributed by atoms with Crippen LogP contribution in [0.15, 0.2) is 36.7 Å². The number of hydrogen-bond donors (Lipinski definition) is 1. The van der Waals surface area contributed by atoms with Gasteiger partial charge in [-0.2, -0.15) is 0 Å². The molecule has 0 aliphatic rings. The summed E-state index contributed by atoms with van der Waals surface area (Å²) in [5.41, 5.74) is 2.16. The predicted molar refractivity (Wildman–Crippen MR) is 84.0 cm³/mol. The highest BCUT2D eigenvalue weighted by molar-refractivity contribution is 6.30. The van der Waals surface area contributed by atoms with Gasteiger partial charge in [-0.25, -0.2) is 0 Å². The number of halogens is 1. The Kier molecular flexibility index (Phi) is 5.84. The summed E-state index contributed by atoms with van der Waals surface area (Å²) in [4.78, 5) is 4.00. The molecule has 1 aromatic heterocycles. The van der Waals surface area contributed by atoms with E-state index in [4.69, 9.17) is 21.1 Å². The minimum absolute atomic E-state index is 0.579. The molecule has 0 fully saturated rings. The van der Waals surface area contributed by atoms with Crippen molar-refractivity contribution in [2.45, 2.75) is 20.0 Å². The van der Waals surface area contributed by atoms with E-state index < -0.39 is 0 Å². The number of benzene rings is 1. The molecular formula is C16H19ClN2O2. The average Bonchev–Trinajstić information content (AvgIpc) is 2.50. The summed E-state index contributed by atoms with van der Waals surface area (Å²) in [5, 5.41) is 4.01. The molecule has 2 aromatic rings. The van der Waals surface area contributed by atoms with Gasteiger partial charge in [0.05, 0.1) is 13.7 Å². The third kappa shape index (κ3) is 4.34. The molecule has 4 nitrogen and oxygen atoms in total. The van der Waals surface area contributed by atoms with Crippen LogP contribution in [0, 0.1) is 0 Å². The van der Waals surface area contributed by atoms with Crippen molar-refractivity contribution in [3.63, 3.8) is 0 Å². The molecule has 0 saturated carbocycles. The zero-order valence-corrected chi connectivity index (χ0v) is 13.0. The van der Waals surface area contributed by atoms with Crippen LogP contribution >= 0.6 is 11.6 Å². The van der Waals surface area contributed by atoms with Gasteiger partial charge in [-0.3, -0.25) is 4.98 Å². The van der Waals surface area contributed by atoms with E-state index in [0.717, 1.165) is 17.9 Å². The standard InChI is InChI=1S/C16H19ClN2O2/c1-3-21-16-13(8-14(17)9-15(16)20-2)11-19-10-12-4-6-18-7-5-12/h4-9,19H,3,10-11H2,1-2H3. The number of ether oxygens (including phenoxy) is 2. The lowest BCUT2D eigenvalue weighted by atomic mass is 10.1. The molecule has 0 atom stereocenters. The summed E-state index contributed by atoms with van der Waals surface area (Å²) in [6.07, 6.45) is 3.57. The zero-order valence-electron chi connectivity index (χ0n) is 12.2. The number of hydrogen-bond acceptors (Lipinski definition) is 4. The first-order valence-corrected chi connectivity index (χ1v) is 7.21. The van der Waals surface area contributed by atoms with Crippen LogP contribution in [0.1, 0.15) is 18.1 Å². The Bertz CT molecular complexity index is 576. The molecule has 1 N–H and O–H groups in total. The maximum Gasteiger partial charge on any atom is 0.165 e. The topological polar surface area (TPSA) is 43.4 Å². The Hall–Kier alpha value is -1.78. The first-order chi connectivity index (χ1) is 10.2. The lowest BCUT2D eigenvalue weighted by Gasteiger charge is -2.15. The van der Waals surface area contributed by atoms with E-state index in [1.165, 1.54) is 5.56 Å². The second kappa shape index (κ2) is 7.86. The second-order valence-electron chi connectivity index (χ2n) is 4.49. The van der Waals surface area contributed by atoms with Gasteiger partial charge in [-0.15, -0.1) is 0 Å². The monoisotopic (exact) mass is 306 g/mol. The van der Waals surface area contributed by atoms with Gasteiger partial charge in [0.1, 0.15) is 0 Å². The van der Waals surface area contributed by atoms with Crippen LogP contribution in [-0.2, 0) is 13.1 Å². The van der Waals surface area contributed by atoms with Crippen molar-refractivity contribution in [2.24, 2.45) is 0 Å². The van der Waals surface area contributed by atoms with Crippen molar-refractivity contribution in [1.82, 2.24) is 10.3 Å². The quantitative estimate of drug-likeness (QED) is 0.851. The fourth-order valence-electron chi connectivity index (χ4n) is 2.06. The Labute approximate surface area is 130 Å². The van der Waals surface area contributed by atoms with Gasteiger partial charge in [-0.1, -0.05) is 11.6 Å². The van der Waals surface area contributed by atoms with E-state index >= 15 is 0 Å². The van der Waals surface area contributed by atoms with Crippen molar-refractivity contribution in [3.05, 3.63) is 52.8 Å². The molecule has 112 valence electrons. The van der Waals surface area contributed by atoms with Gasteiger partial charge >= 0.3 is 0 Å². The van der Waals surface area contributed by atoms with Crippen LogP contribution < -0.4 is 14.8 Å². The highest BCUT2D eigenvalue weighted by Crippen LogP contribution is 2.34. The van der Waals surface area contributed by atoms with E-state index in [1.807, 2.05) is 25.1 Å². The summed E-state index contributed by atoms with van der Waals surface area (Å²) in [5.74, 6) is 1.40. The van der Waals surface area contributed by atoms with E-state index in [9.17, 15) is 0 Å². The van der Waals surface area contributed by atoms with Crippen LogP contribution in [0.3, 0.4) is 0 Å². The molecule has 0 bridgehead atoms. The number of nitrogens with zero attached hydrogens (tertiary/aromatic N) is 1. The number of aromatic nitrogens is 1. The average molecular weight is 307 g/mol. The molecule has 2 rings (SSSR count). The molecule has 0 aliphatic carbocycles. The van der Waals surface area contributed by atoms with Crippen molar-refractivity contribution in [1.29, 1.82) is 0 Å². The molecular weight excluding hydrogens is 288 g/mol. The fourth-order valence-corrected chi connectivity index (χ4v) is 2.29. The number of nitrogens with one attached hydrogen (secondary N) is 1. The summed E-state index contributed by atoms with van der Waals surface area (Å²) in [6, 6.07) is 7.62. The summed E-state index contributed by atoms with van der Waals surface area (Å²) < 4.78 is 11.0. The van der Waals surface area contributed by atoms with Gasteiger partial charge in [0.15, 0.2) is 11.5 Å². The van der Waals surface area contributed by atoms with Crippen molar-refractivity contribution < 1.29 is 9.47 Å². The van der Waals surface area contributed by atoms with Crippen LogP contribution in [0.2, 0.25) is 5.02 Å². The summed E-state index contributed by atoms with van der Waals surface area (Å²) in [7, 11) is 1.61. The minimum atomic E-state index is 0.579. The predicted octanol–water partition coefficient (Wildman–Crippen LogP) is 3.43. The van der Waals surface area contributed by atoms with E-state index in [2.05, 4.69) is 10.3 Å². The van der Waals surface area contributed by atoms with Gasteiger partial charge in [0, 0.05) is 42.1 Å². The van der Waals surface area contributed by atoms with Gasteiger partial charge < -0.3 is 14.8 Å². The highest BCUT2D eigenvalue weighted by atomic mass is 35.5. The van der Waals surface area contributed by atoms with Crippen molar-refractivity contribution in [2.75, 3.05) is 13.7 Å². The zero-order chi connectivity index (χ0) is 15.1. The molecule has 5 heteroatoms. The van der Waals surface area contributed by atoms with Crippen LogP contribution in [0.25, 0.3) is 0 Å². The molecule has 21 heavy (non-hydrogen) atoms. The van der Waals surface area contributed by atoms with E-state index in [-0.39, 0.29) is 0 Å². The van der Waals surface area contributed by atoms with Crippen molar-refractivity contribution in [3.8, 4) is 11.5 Å². The molecule has 0 spiro atoms. The van der Waals surface area contributed by atoms with Gasteiger partial charge in [0.25, 0.3) is 0 Å². The van der Waals surface area contributed by atoms with Crippen molar-refractivity contribution >= 4 is 11.6 Å². The Morgan fingerprint density at radius 1 is 1.19 bits per heavy atom. The first kappa shape index (κ1) is 15.6. The molecule has 1 heterocycles. The summed E-state index contributed by atoms with van der Waals surface area (Å²) in [6.45, 7) is 3.93. The Morgan fingerprint density at radius 2 is 1.95 bits per heavy atom. The molecule has 1 aromatic carbocycles. The molecule has 0 radical (unpaired) electrons. The maximum atomic E-state index is 6.13. The first-order valence-electron chi connectivity index (χ1n) is 6.83. The van der Waals surface area contributed by atoms with Crippen LogP contribution in [0.4, 0.5) is 0 Å². The Balaban J connectivity index is 2.09. The fraction of sp³-hybridized carbons (Fsp3) is 0.312. The van der Waals surface area contributed by atoms with Gasteiger partial charge in [0.2, 0.25) is 0 Å². The van der Waals surface area contributed by atoms with E-state index in [1.54, 1.807) is 25.6 Å². The van der Waals surface area contributed by atoms with Crippen LogP contribution in [0.5, 0.6) is 11.5 Å². The largest absolute Gasteiger partial charge is 0.493 e. The third-order valence-electron chi connectivity index (χ3n) is 3.00. The number of pyridine rings is 1. The minimum Gasteiger partial charge on any atom is -0.493 e. The number of methoxy groups -OCH3 is 1. The second-order valence-corrected chi connectivity index (χ2v) is 4.92. The lowest BCUT2D eigenvalue weighted by Crippen LogP contribution is -2.14. The lowest BCUT2D eigenvalue weighted by molar-refractivity contribution is 0.307. The SMILES string of the molecule is CCOc1c(CNCc2ccncc2)cc(Cl)cc1OC. The molecule has 0 saturated heterocycles. The Morgan fingerprint density at radius 3 is 2.62 bits per heavy atom. The number of rotatable bonds is 7. The molecule has 0 aliphatic heterocycles. The van der Waals surface area contributed by atoms with E-state index in [0.29, 0.717) is 23.9 Å². The summed E-state index contributed by atoms with van der Waals surface area (Å²) >= 11 is 6.13. The van der Waals surface area contributed by atoms with Gasteiger partial charge in [-0.05, 0) is 30.7 Å². The molecule has 0 amide bonds. The van der Waals surface area contributed by atoms with Crippen LogP contribution in [-0.4, -0.2) is 18.7 Å². The third-order valence-corrected chi connectivity index (χ3v) is 3.22. The highest BCUT2D eigenvalue weighted by Gasteiger charge is 2.12. The smallest absolute Gasteiger partial charge is 0.165 e. The molecule has 0 unspecified atom stereocenters. The normalized spacial score (nSPS) is 10.4. The maximum absolute atomic E-state index is 6.13.